The molecule has 0 radical (unpaired) electrons. The standard InChI is InChI=1S/C26H35N3O3/c1-24(2,3)17-26(7,25(4,5)6)23(31)32-15-14-18-12-13-22(30)21(16-18)29-27-19-10-8-9-11-20(19)28-29/h8-13,16,30H,14-15,17H2,1-7H3. The van der Waals surface area contributed by atoms with Crippen LogP contribution in [0.3, 0.4) is 0 Å². The molecular weight excluding hydrogens is 402 g/mol. The Hall–Kier alpha value is -2.89. The van der Waals surface area contributed by atoms with Crippen molar-refractivity contribution in [2.24, 2.45) is 16.2 Å². The van der Waals surface area contributed by atoms with Gasteiger partial charge in [-0.2, -0.15) is 0 Å². The minimum atomic E-state index is -0.593. The number of rotatable bonds is 6. The number of nitrogens with zero attached hydrogens (tertiary/aromatic N) is 3. The minimum Gasteiger partial charge on any atom is -0.506 e. The largest absolute Gasteiger partial charge is 0.506 e. The minimum absolute atomic E-state index is 0.00716. The van der Waals surface area contributed by atoms with Crippen LogP contribution in [0.5, 0.6) is 5.75 Å². The first-order chi connectivity index (χ1) is 14.8. The Morgan fingerprint density at radius 3 is 2.09 bits per heavy atom. The average Bonchev–Trinajstić information content (AvgIpc) is 3.10. The second kappa shape index (κ2) is 8.57. The van der Waals surface area contributed by atoms with Crippen molar-refractivity contribution in [2.75, 3.05) is 6.61 Å². The Bertz CT molecular complexity index is 1070. The lowest BCUT2D eigenvalue weighted by Crippen LogP contribution is -2.44. The molecule has 32 heavy (non-hydrogen) atoms. The SMILES string of the molecule is CC(C)(C)CC(C)(C(=O)OCCc1ccc(O)c(-n2nc3ccccc3n2)c1)C(C)(C)C. The van der Waals surface area contributed by atoms with E-state index in [1.54, 1.807) is 6.07 Å². The number of phenolic OH excluding ortho intramolecular Hbond substituents is 1. The first-order valence-corrected chi connectivity index (χ1v) is 11.1. The molecule has 1 unspecified atom stereocenters. The Kier molecular flexibility index (Phi) is 6.36. The van der Waals surface area contributed by atoms with E-state index in [1.165, 1.54) is 4.80 Å². The van der Waals surface area contributed by atoms with Crippen LogP contribution in [0.2, 0.25) is 0 Å². The van der Waals surface area contributed by atoms with Crippen LogP contribution in [0.25, 0.3) is 16.7 Å². The van der Waals surface area contributed by atoms with Crippen LogP contribution >= 0.6 is 0 Å². The number of esters is 1. The molecule has 1 aromatic heterocycles. The summed E-state index contributed by atoms with van der Waals surface area (Å²) in [4.78, 5) is 14.6. The summed E-state index contributed by atoms with van der Waals surface area (Å²) in [7, 11) is 0. The second-order valence-corrected chi connectivity index (χ2v) is 11.0. The lowest BCUT2D eigenvalue weighted by molar-refractivity contribution is -0.164. The van der Waals surface area contributed by atoms with E-state index in [4.69, 9.17) is 4.74 Å². The van der Waals surface area contributed by atoms with Gasteiger partial charge in [-0.15, -0.1) is 15.0 Å². The molecule has 0 saturated heterocycles. The molecule has 1 N–H and O–H groups in total. The number of benzene rings is 2. The summed E-state index contributed by atoms with van der Waals surface area (Å²) in [5.74, 6) is -0.0737. The van der Waals surface area contributed by atoms with Gasteiger partial charge in [0.2, 0.25) is 0 Å². The first-order valence-electron chi connectivity index (χ1n) is 11.1. The van der Waals surface area contributed by atoms with Crippen molar-refractivity contribution >= 4 is 17.0 Å². The molecule has 1 atom stereocenters. The molecule has 0 aliphatic rings. The van der Waals surface area contributed by atoms with E-state index in [9.17, 15) is 9.90 Å². The van der Waals surface area contributed by atoms with E-state index in [1.807, 2.05) is 43.3 Å². The topological polar surface area (TPSA) is 77.2 Å². The van der Waals surface area contributed by atoms with Gasteiger partial charge in [-0.05, 0) is 54.0 Å². The predicted molar refractivity (Wildman–Crippen MR) is 127 cm³/mol. The maximum Gasteiger partial charge on any atom is 0.312 e. The van der Waals surface area contributed by atoms with Gasteiger partial charge in [0.05, 0.1) is 12.0 Å². The Labute approximate surface area is 190 Å². The Morgan fingerprint density at radius 1 is 0.969 bits per heavy atom. The van der Waals surface area contributed by atoms with Crippen molar-refractivity contribution in [3.63, 3.8) is 0 Å². The quantitative estimate of drug-likeness (QED) is 0.501. The van der Waals surface area contributed by atoms with Gasteiger partial charge in [0, 0.05) is 6.42 Å². The van der Waals surface area contributed by atoms with Crippen molar-refractivity contribution in [1.82, 2.24) is 15.0 Å². The van der Waals surface area contributed by atoms with Crippen molar-refractivity contribution in [3.8, 4) is 11.4 Å². The molecule has 3 aromatic rings. The molecule has 1 heterocycles. The molecule has 0 aliphatic carbocycles. The summed E-state index contributed by atoms with van der Waals surface area (Å²) in [6, 6.07) is 12.8. The number of hydrogen-bond acceptors (Lipinski definition) is 5. The summed E-state index contributed by atoms with van der Waals surface area (Å²) in [6.07, 6.45) is 1.28. The zero-order valence-electron chi connectivity index (χ0n) is 20.3. The zero-order chi connectivity index (χ0) is 23.7. The molecule has 172 valence electrons. The van der Waals surface area contributed by atoms with E-state index in [2.05, 4.69) is 51.7 Å². The van der Waals surface area contributed by atoms with Gasteiger partial charge in [-0.25, -0.2) is 0 Å². The molecular formula is C26H35N3O3. The third kappa shape index (κ3) is 5.12. The normalized spacial score (nSPS) is 14.3. The van der Waals surface area contributed by atoms with E-state index < -0.39 is 5.41 Å². The van der Waals surface area contributed by atoms with Crippen molar-refractivity contribution in [1.29, 1.82) is 0 Å². The number of aromatic nitrogens is 3. The molecule has 2 aromatic carbocycles. The molecule has 0 aliphatic heterocycles. The maximum atomic E-state index is 13.1. The summed E-state index contributed by atoms with van der Waals surface area (Å²) in [6.45, 7) is 15.0. The number of ether oxygens (including phenoxy) is 1. The highest BCUT2D eigenvalue weighted by molar-refractivity contribution is 5.77. The van der Waals surface area contributed by atoms with Gasteiger partial charge >= 0.3 is 5.97 Å². The monoisotopic (exact) mass is 437 g/mol. The number of carbonyl (C=O) groups is 1. The van der Waals surface area contributed by atoms with E-state index in [0.29, 0.717) is 12.1 Å². The number of hydrogen-bond donors (Lipinski definition) is 1. The predicted octanol–water partition coefficient (Wildman–Crippen LogP) is 5.70. The smallest absolute Gasteiger partial charge is 0.312 e. The maximum absolute atomic E-state index is 13.1. The highest BCUT2D eigenvalue weighted by Crippen LogP contribution is 2.47. The lowest BCUT2D eigenvalue weighted by atomic mass is 9.61. The van der Waals surface area contributed by atoms with Gasteiger partial charge in [-0.1, -0.05) is 59.7 Å². The molecule has 0 saturated carbocycles. The third-order valence-corrected chi connectivity index (χ3v) is 6.16. The van der Waals surface area contributed by atoms with Crippen LogP contribution in [0.15, 0.2) is 42.5 Å². The van der Waals surface area contributed by atoms with Crippen LogP contribution in [0.4, 0.5) is 0 Å². The fraction of sp³-hybridized carbons (Fsp3) is 0.500. The summed E-state index contributed by atoms with van der Waals surface area (Å²) >= 11 is 0. The molecule has 3 rings (SSSR count). The average molecular weight is 438 g/mol. The highest BCUT2D eigenvalue weighted by atomic mass is 16.5. The van der Waals surface area contributed by atoms with Crippen LogP contribution in [0, 0.1) is 16.2 Å². The molecule has 6 nitrogen and oxygen atoms in total. The summed E-state index contributed by atoms with van der Waals surface area (Å²) in [5, 5.41) is 19.2. The Morgan fingerprint density at radius 2 is 1.56 bits per heavy atom. The van der Waals surface area contributed by atoms with Crippen LogP contribution in [0.1, 0.15) is 60.5 Å². The highest BCUT2D eigenvalue weighted by Gasteiger charge is 2.47. The second-order valence-electron chi connectivity index (χ2n) is 11.0. The zero-order valence-corrected chi connectivity index (χ0v) is 20.3. The van der Waals surface area contributed by atoms with Gasteiger partial charge in [0.25, 0.3) is 0 Å². The van der Waals surface area contributed by atoms with Crippen molar-refractivity contribution in [2.45, 2.75) is 61.3 Å². The summed E-state index contributed by atoms with van der Waals surface area (Å²) < 4.78 is 5.77. The number of aromatic hydroxyl groups is 1. The first kappa shape index (κ1) is 23.8. The molecule has 6 heteroatoms. The van der Waals surface area contributed by atoms with Crippen LogP contribution < -0.4 is 0 Å². The fourth-order valence-electron chi connectivity index (χ4n) is 3.98. The van der Waals surface area contributed by atoms with Gasteiger partial charge in [0.15, 0.2) is 0 Å². The number of phenols is 1. The Balaban J connectivity index is 1.73. The molecule has 0 fully saturated rings. The molecule has 0 spiro atoms. The van der Waals surface area contributed by atoms with Crippen LogP contribution in [-0.4, -0.2) is 32.7 Å². The van der Waals surface area contributed by atoms with Crippen molar-refractivity contribution < 1.29 is 14.6 Å². The summed E-state index contributed by atoms with van der Waals surface area (Å²) in [5.41, 5.74) is 2.13. The van der Waals surface area contributed by atoms with Crippen molar-refractivity contribution in [3.05, 3.63) is 48.0 Å². The molecule has 0 amide bonds. The van der Waals surface area contributed by atoms with Gasteiger partial charge in [0.1, 0.15) is 22.5 Å². The number of fused-ring (bicyclic) bond motifs is 1. The van der Waals surface area contributed by atoms with Gasteiger partial charge in [-0.3, -0.25) is 4.79 Å². The third-order valence-electron chi connectivity index (χ3n) is 6.16. The van der Waals surface area contributed by atoms with E-state index in [0.717, 1.165) is 23.0 Å². The van der Waals surface area contributed by atoms with Crippen LogP contribution in [-0.2, 0) is 16.0 Å². The molecule has 0 bridgehead atoms. The van der Waals surface area contributed by atoms with E-state index >= 15 is 0 Å². The number of carbonyl (C=O) groups excluding carboxylic acids is 1. The fourth-order valence-corrected chi connectivity index (χ4v) is 3.98. The van der Waals surface area contributed by atoms with Gasteiger partial charge < -0.3 is 9.84 Å². The lowest BCUT2D eigenvalue weighted by Gasteiger charge is -2.43. The van der Waals surface area contributed by atoms with E-state index in [-0.39, 0.29) is 29.2 Å².